The van der Waals surface area contributed by atoms with Gasteiger partial charge in [-0.2, -0.15) is 0 Å². The summed E-state index contributed by atoms with van der Waals surface area (Å²) in [6.45, 7) is 0.607. The number of rotatable bonds is 6. The highest BCUT2D eigenvalue weighted by Crippen LogP contribution is 2.19. The van der Waals surface area contributed by atoms with Crippen molar-refractivity contribution in [2.75, 3.05) is 12.3 Å². The first kappa shape index (κ1) is 11.7. The third kappa shape index (κ3) is 3.10. The number of nitrogens with one attached hydrogen (secondary N) is 2. The average molecular weight is 244 g/mol. The highest BCUT2D eigenvalue weighted by Gasteiger charge is 2.21. The van der Waals surface area contributed by atoms with E-state index < -0.39 is 6.10 Å². The van der Waals surface area contributed by atoms with Crippen LogP contribution in [0.25, 0.3) is 0 Å². The molecule has 0 radical (unpaired) electrons. The standard InChI is InChI=1S/C9H16N4O2S/c1-13-8(15)11-12-9(13)16-5-7(14)4-10-6-2-3-6/h6-7,10,14H,2-5H2,1H3,(H,11,15). The molecule has 1 fully saturated rings. The maximum Gasteiger partial charge on any atom is 0.343 e. The molecule has 1 aromatic heterocycles. The molecule has 1 atom stereocenters. The van der Waals surface area contributed by atoms with Crippen LogP contribution in [0.1, 0.15) is 12.8 Å². The number of aliphatic hydroxyl groups is 1. The van der Waals surface area contributed by atoms with E-state index in [1.54, 1.807) is 7.05 Å². The van der Waals surface area contributed by atoms with E-state index in [1.807, 2.05) is 0 Å². The molecule has 0 amide bonds. The molecule has 0 spiro atoms. The molecule has 1 heterocycles. The summed E-state index contributed by atoms with van der Waals surface area (Å²) in [4.78, 5) is 11.1. The maximum atomic E-state index is 11.1. The second-order valence-electron chi connectivity index (χ2n) is 4.02. The lowest BCUT2D eigenvalue weighted by Gasteiger charge is -2.10. The van der Waals surface area contributed by atoms with Crippen LogP contribution in [0.3, 0.4) is 0 Å². The Bertz CT molecular complexity index is 398. The first-order valence-electron chi connectivity index (χ1n) is 5.32. The van der Waals surface area contributed by atoms with Crippen molar-refractivity contribution in [1.29, 1.82) is 0 Å². The van der Waals surface area contributed by atoms with E-state index in [1.165, 1.54) is 29.2 Å². The summed E-state index contributed by atoms with van der Waals surface area (Å²) < 4.78 is 1.44. The van der Waals surface area contributed by atoms with Crippen LogP contribution in [0, 0.1) is 0 Å². The molecule has 6 nitrogen and oxygen atoms in total. The molecule has 1 aromatic rings. The zero-order valence-corrected chi connectivity index (χ0v) is 9.96. The van der Waals surface area contributed by atoms with Gasteiger partial charge in [-0.25, -0.2) is 9.89 Å². The number of aliphatic hydroxyl groups excluding tert-OH is 1. The molecule has 1 saturated carbocycles. The Morgan fingerprint density at radius 3 is 3.06 bits per heavy atom. The number of aromatic amines is 1. The molecule has 2 rings (SSSR count). The Morgan fingerprint density at radius 2 is 2.50 bits per heavy atom. The number of aromatic nitrogens is 3. The third-order valence-corrected chi connectivity index (χ3v) is 3.64. The zero-order chi connectivity index (χ0) is 11.5. The monoisotopic (exact) mass is 244 g/mol. The quantitative estimate of drug-likeness (QED) is 0.577. The van der Waals surface area contributed by atoms with Crippen LogP contribution in [0.4, 0.5) is 0 Å². The van der Waals surface area contributed by atoms with Gasteiger partial charge in [0.25, 0.3) is 0 Å². The lowest BCUT2D eigenvalue weighted by Crippen LogP contribution is -2.30. The molecule has 0 saturated heterocycles. The summed E-state index contributed by atoms with van der Waals surface area (Å²) in [6, 6.07) is 0.606. The summed E-state index contributed by atoms with van der Waals surface area (Å²) in [6.07, 6.45) is 2.03. The van der Waals surface area contributed by atoms with Gasteiger partial charge >= 0.3 is 5.69 Å². The highest BCUT2D eigenvalue weighted by molar-refractivity contribution is 7.99. The van der Waals surface area contributed by atoms with Crippen LogP contribution in [-0.2, 0) is 7.05 Å². The van der Waals surface area contributed by atoms with Crippen molar-refractivity contribution < 1.29 is 5.11 Å². The van der Waals surface area contributed by atoms with E-state index in [0.29, 0.717) is 23.5 Å². The predicted octanol–water partition coefficient (Wildman–Crippen LogP) is -0.687. The first-order valence-corrected chi connectivity index (χ1v) is 6.31. The number of thioether (sulfide) groups is 1. The van der Waals surface area contributed by atoms with Gasteiger partial charge in [0.1, 0.15) is 0 Å². The minimum atomic E-state index is -0.405. The van der Waals surface area contributed by atoms with Crippen LogP contribution in [-0.4, -0.2) is 44.3 Å². The number of nitrogens with zero attached hydrogens (tertiary/aromatic N) is 2. The van der Waals surface area contributed by atoms with Gasteiger partial charge in [-0.05, 0) is 12.8 Å². The summed E-state index contributed by atoms with van der Waals surface area (Å²) in [7, 11) is 1.66. The van der Waals surface area contributed by atoms with Gasteiger partial charge in [0.2, 0.25) is 0 Å². The van der Waals surface area contributed by atoms with Gasteiger partial charge in [0, 0.05) is 25.4 Å². The van der Waals surface area contributed by atoms with Crippen LogP contribution in [0.5, 0.6) is 0 Å². The fourth-order valence-electron chi connectivity index (χ4n) is 1.28. The van der Waals surface area contributed by atoms with E-state index in [9.17, 15) is 9.90 Å². The van der Waals surface area contributed by atoms with Gasteiger partial charge in [-0.3, -0.25) is 4.57 Å². The SMILES string of the molecule is Cn1c(SCC(O)CNC2CC2)n[nH]c1=O. The minimum absolute atomic E-state index is 0.229. The second kappa shape index (κ2) is 5.03. The van der Waals surface area contributed by atoms with Crippen LogP contribution >= 0.6 is 11.8 Å². The van der Waals surface area contributed by atoms with Gasteiger partial charge < -0.3 is 10.4 Å². The van der Waals surface area contributed by atoms with E-state index in [-0.39, 0.29) is 5.69 Å². The predicted molar refractivity (Wildman–Crippen MR) is 61.6 cm³/mol. The molecular weight excluding hydrogens is 228 g/mol. The molecule has 3 N–H and O–H groups in total. The Labute approximate surface area is 97.4 Å². The normalized spacial score (nSPS) is 17.6. The second-order valence-corrected chi connectivity index (χ2v) is 5.00. The molecule has 1 aliphatic rings. The van der Waals surface area contributed by atoms with Crippen LogP contribution < -0.4 is 11.0 Å². The van der Waals surface area contributed by atoms with Gasteiger partial charge in [0.15, 0.2) is 5.16 Å². The fourth-order valence-corrected chi connectivity index (χ4v) is 2.13. The molecule has 16 heavy (non-hydrogen) atoms. The largest absolute Gasteiger partial charge is 0.391 e. The van der Waals surface area contributed by atoms with E-state index >= 15 is 0 Å². The van der Waals surface area contributed by atoms with E-state index in [2.05, 4.69) is 15.5 Å². The lowest BCUT2D eigenvalue weighted by molar-refractivity contribution is 0.195. The molecule has 1 aliphatic carbocycles. The lowest BCUT2D eigenvalue weighted by atomic mass is 10.4. The van der Waals surface area contributed by atoms with Gasteiger partial charge in [-0.1, -0.05) is 11.8 Å². The molecule has 0 bridgehead atoms. The van der Waals surface area contributed by atoms with Crippen molar-refractivity contribution in [3.05, 3.63) is 10.5 Å². The summed E-state index contributed by atoms with van der Waals surface area (Å²) in [5.41, 5.74) is -0.229. The van der Waals surface area contributed by atoms with Crippen molar-refractivity contribution in [2.45, 2.75) is 30.1 Å². The number of hydrogen-bond donors (Lipinski definition) is 3. The van der Waals surface area contributed by atoms with Crippen molar-refractivity contribution in [3.63, 3.8) is 0 Å². The van der Waals surface area contributed by atoms with Crippen LogP contribution in [0.2, 0.25) is 0 Å². The molecule has 7 heteroatoms. The molecule has 0 aliphatic heterocycles. The summed E-state index contributed by atoms with van der Waals surface area (Å²) in [5.74, 6) is 0.540. The van der Waals surface area contributed by atoms with E-state index in [0.717, 1.165) is 0 Å². The van der Waals surface area contributed by atoms with Crippen molar-refractivity contribution >= 4 is 11.8 Å². The van der Waals surface area contributed by atoms with Gasteiger partial charge in [-0.15, -0.1) is 5.10 Å². The topological polar surface area (TPSA) is 82.9 Å². The number of hydrogen-bond acceptors (Lipinski definition) is 5. The Balaban J connectivity index is 1.73. The number of H-pyrrole nitrogens is 1. The zero-order valence-electron chi connectivity index (χ0n) is 9.14. The van der Waals surface area contributed by atoms with E-state index in [4.69, 9.17) is 0 Å². The molecule has 0 aromatic carbocycles. The smallest absolute Gasteiger partial charge is 0.343 e. The molecular formula is C9H16N4O2S. The Morgan fingerprint density at radius 1 is 1.75 bits per heavy atom. The fraction of sp³-hybridized carbons (Fsp3) is 0.778. The maximum absolute atomic E-state index is 11.1. The molecule has 1 unspecified atom stereocenters. The Hall–Kier alpha value is -0.790. The minimum Gasteiger partial charge on any atom is -0.391 e. The average Bonchev–Trinajstić information content (AvgIpc) is 3.04. The summed E-state index contributed by atoms with van der Waals surface area (Å²) in [5, 5.41) is 19.7. The third-order valence-electron chi connectivity index (χ3n) is 2.46. The Kier molecular flexibility index (Phi) is 3.67. The van der Waals surface area contributed by atoms with Crippen molar-refractivity contribution in [3.8, 4) is 0 Å². The van der Waals surface area contributed by atoms with Crippen LogP contribution in [0.15, 0.2) is 9.95 Å². The van der Waals surface area contributed by atoms with Crippen molar-refractivity contribution in [2.24, 2.45) is 7.05 Å². The first-order chi connectivity index (χ1) is 7.66. The molecule has 90 valence electrons. The summed E-state index contributed by atoms with van der Waals surface area (Å²) >= 11 is 1.38. The van der Waals surface area contributed by atoms with Crippen molar-refractivity contribution in [1.82, 2.24) is 20.1 Å². The van der Waals surface area contributed by atoms with Gasteiger partial charge in [0.05, 0.1) is 6.10 Å². The highest BCUT2D eigenvalue weighted by atomic mass is 32.2.